The Labute approximate surface area is 474 Å². The highest BCUT2D eigenvalue weighted by Gasteiger charge is 2.42. The number of carbonyl (C=O) groups excluding carboxylic acids is 10. The molecule has 0 bridgehead atoms. The van der Waals surface area contributed by atoms with Crippen LogP contribution < -0.4 is 26.6 Å². The molecule has 2 aromatic rings. The summed E-state index contributed by atoms with van der Waals surface area (Å²) in [6, 6.07) is 3.65. The first-order valence-electron chi connectivity index (χ1n) is 27.5. The molecule has 4 rings (SSSR count). The average Bonchev–Trinajstić information content (AvgIpc) is 4.22. The second-order valence-electron chi connectivity index (χ2n) is 21.1. The van der Waals surface area contributed by atoms with Crippen LogP contribution in [-0.4, -0.2) is 175 Å². The highest BCUT2D eigenvalue weighted by Crippen LogP contribution is 2.29. The van der Waals surface area contributed by atoms with Gasteiger partial charge in [0.1, 0.15) is 23.7 Å². The topological polar surface area (TPSA) is 284 Å². The number of nitrogens with zero attached hydrogens (tertiary/aromatic N) is 5. The summed E-state index contributed by atoms with van der Waals surface area (Å²) < 4.78 is 17.4. The normalized spacial score (nSPS) is 16.8. The minimum absolute atomic E-state index is 0.0399. The van der Waals surface area contributed by atoms with Crippen LogP contribution in [0.3, 0.4) is 0 Å². The zero-order valence-electron chi connectivity index (χ0n) is 48.2. The van der Waals surface area contributed by atoms with E-state index in [4.69, 9.17) is 14.2 Å². The number of unbranched alkanes of at least 4 members (excludes halogenated alkanes) is 2. The first-order valence-corrected chi connectivity index (χ1v) is 28.3. The molecule has 8 atom stereocenters. The Bertz CT molecular complexity index is 2440. The quantitative estimate of drug-likeness (QED) is 0.0515. The van der Waals surface area contributed by atoms with E-state index in [1.807, 2.05) is 19.2 Å². The molecule has 5 N–H and O–H groups in total. The van der Waals surface area contributed by atoms with Crippen molar-refractivity contribution in [1.82, 2.24) is 45.9 Å². The summed E-state index contributed by atoms with van der Waals surface area (Å²) in [6.07, 6.45) is 5.84. The van der Waals surface area contributed by atoms with E-state index in [1.165, 1.54) is 47.4 Å². The highest BCUT2D eigenvalue weighted by atomic mass is 32.1. The van der Waals surface area contributed by atoms with Gasteiger partial charge in [0.2, 0.25) is 41.4 Å². The summed E-state index contributed by atoms with van der Waals surface area (Å²) in [5.41, 5.74) is 0.980. The SMILES string of the molecule is CC[C@H](C)[C@@H]([C@@H](CC(=O)N1CCC[C@H]1[C@H](OC)[C@@H](C)C(=O)NCc1nccs1)OC)N(C)C(=O)CNC(=O)C(C(C)C)N(C)C(=O)OCc1ccc(NC(=O)CNC(=O)C(NC(=O)CCCCCN2C(=O)C=CC2=O)C(C)C)cc1. The average molecular weight is 1140 g/mol. The molecule has 3 heterocycles. The van der Waals surface area contributed by atoms with Crippen LogP contribution >= 0.6 is 11.3 Å². The van der Waals surface area contributed by atoms with Crippen molar-refractivity contribution in [3.05, 3.63) is 58.6 Å². The van der Waals surface area contributed by atoms with E-state index in [1.54, 1.807) is 84.1 Å². The molecule has 2 aliphatic heterocycles. The number of imide groups is 1. The summed E-state index contributed by atoms with van der Waals surface area (Å²) in [4.78, 5) is 140. The number of carbonyl (C=O) groups is 10. The van der Waals surface area contributed by atoms with Gasteiger partial charge in [-0.25, -0.2) is 9.78 Å². The predicted octanol–water partition coefficient (Wildman–Crippen LogP) is 3.77. The van der Waals surface area contributed by atoms with Gasteiger partial charge < -0.3 is 50.6 Å². The van der Waals surface area contributed by atoms with Gasteiger partial charge in [-0.3, -0.25) is 53.0 Å². The number of hydrogen-bond donors (Lipinski definition) is 5. The molecule has 0 saturated carbocycles. The van der Waals surface area contributed by atoms with Crippen molar-refractivity contribution in [2.24, 2.45) is 23.7 Å². The van der Waals surface area contributed by atoms with Crippen LogP contribution in [0.25, 0.3) is 0 Å². The summed E-state index contributed by atoms with van der Waals surface area (Å²) in [7, 11) is 6.09. The second kappa shape index (κ2) is 32.5. The minimum atomic E-state index is -1.01. The maximum Gasteiger partial charge on any atom is 0.410 e. The lowest BCUT2D eigenvalue weighted by Crippen LogP contribution is -2.55. The molecule has 1 aromatic carbocycles. The first kappa shape index (κ1) is 65.7. The van der Waals surface area contributed by atoms with E-state index in [0.717, 1.165) is 16.3 Å². The van der Waals surface area contributed by atoms with Crippen LogP contribution in [0.15, 0.2) is 48.0 Å². The van der Waals surface area contributed by atoms with Gasteiger partial charge in [-0.2, -0.15) is 0 Å². The van der Waals surface area contributed by atoms with E-state index < -0.39 is 72.5 Å². The van der Waals surface area contributed by atoms with E-state index in [-0.39, 0.29) is 85.9 Å². The summed E-state index contributed by atoms with van der Waals surface area (Å²) >= 11 is 1.44. The number of ether oxygens (including phenoxy) is 3. The molecule has 0 spiro atoms. The Balaban J connectivity index is 1.23. The third-order valence-electron chi connectivity index (χ3n) is 14.7. The number of rotatable bonds is 32. The fourth-order valence-corrected chi connectivity index (χ4v) is 10.6. The molecule has 1 fully saturated rings. The Morgan fingerprint density at radius 2 is 1.48 bits per heavy atom. The van der Waals surface area contributed by atoms with Gasteiger partial charge in [0.25, 0.3) is 11.8 Å². The zero-order chi connectivity index (χ0) is 59.2. The fourth-order valence-electron chi connectivity index (χ4n) is 10.00. The standard InChI is InChI=1S/C56H84N10O13S/c1-12-36(6)51(41(77-10)29-47(71)65-27-16-17-40(65)52(78-11)37(7)53(73)59-31-44-57-25-28-80-44)63(8)48(72)32-60-55(75)50(35(4)5)64(9)56(76)79-33-38-19-21-39(22-20-38)61-43(68)30-58-54(74)49(34(2)3)62-42(67)18-14-13-15-26-66-45(69)23-24-46(66)70/h19-25,28,34-37,40-41,49-52H,12-18,26-27,29-33H2,1-11H3,(H,58,74)(H,59,73)(H,60,75)(H,61,68)(H,62,67)/t36-,37+,40-,41+,49?,50?,51-,52+/m0/s1. The number of amides is 10. The summed E-state index contributed by atoms with van der Waals surface area (Å²) in [6.45, 7) is 12.9. The number of benzene rings is 1. The number of anilines is 1. The smallest absolute Gasteiger partial charge is 0.410 e. The summed E-state index contributed by atoms with van der Waals surface area (Å²) in [5, 5.41) is 16.2. The Morgan fingerprint density at radius 3 is 2.08 bits per heavy atom. The number of hydrogen-bond acceptors (Lipinski definition) is 15. The van der Waals surface area contributed by atoms with Gasteiger partial charge in [0.05, 0.1) is 56.3 Å². The number of methoxy groups -OCH3 is 2. The van der Waals surface area contributed by atoms with Crippen molar-refractivity contribution < 1.29 is 62.2 Å². The fraction of sp³-hybridized carbons (Fsp3) is 0.625. The maximum absolute atomic E-state index is 14.2. The first-order chi connectivity index (χ1) is 38.0. The van der Waals surface area contributed by atoms with Crippen molar-refractivity contribution in [3.8, 4) is 0 Å². The largest absolute Gasteiger partial charge is 0.445 e. The van der Waals surface area contributed by atoms with Gasteiger partial charge in [-0.1, -0.05) is 73.4 Å². The molecule has 2 unspecified atom stereocenters. The molecule has 10 amide bonds. The second-order valence-corrected chi connectivity index (χ2v) is 22.1. The van der Waals surface area contributed by atoms with Crippen LogP contribution in [0, 0.1) is 23.7 Å². The van der Waals surface area contributed by atoms with Crippen LogP contribution in [0.5, 0.6) is 0 Å². The lowest BCUT2D eigenvalue weighted by Gasteiger charge is -2.39. The number of nitrogens with one attached hydrogen (secondary N) is 5. The molecule has 24 heteroatoms. The molecule has 1 saturated heterocycles. The van der Waals surface area contributed by atoms with E-state index in [0.29, 0.717) is 56.4 Å². The van der Waals surface area contributed by atoms with Crippen LogP contribution in [-0.2, 0) is 70.5 Å². The zero-order valence-corrected chi connectivity index (χ0v) is 49.1. The molecular weight excluding hydrogens is 1050 g/mol. The molecule has 0 radical (unpaired) electrons. The van der Waals surface area contributed by atoms with Gasteiger partial charge in [-0.15, -0.1) is 11.3 Å². The third-order valence-corrected chi connectivity index (χ3v) is 15.5. The minimum Gasteiger partial charge on any atom is -0.445 e. The van der Waals surface area contributed by atoms with Crippen molar-refractivity contribution in [2.45, 2.75) is 149 Å². The van der Waals surface area contributed by atoms with Crippen molar-refractivity contribution in [1.29, 1.82) is 0 Å². The monoisotopic (exact) mass is 1140 g/mol. The Kier molecular flexibility index (Phi) is 26.7. The maximum atomic E-state index is 14.2. The van der Waals surface area contributed by atoms with Crippen molar-refractivity contribution >= 4 is 76.3 Å². The van der Waals surface area contributed by atoms with Gasteiger partial charge >= 0.3 is 6.09 Å². The van der Waals surface area contributed by atoms with E-state index in [2.05, 4.69) is 31.6 Å². The predicted molar refractivity (Wildman–Crippen MR) is 299 cm³/mol. The molecule has 0 aliphatic carbocycles. The molecule has 23 nitrogen and oxygen atoms in total. The van der Waals surface area contributed by atoms with Gasteiger partial charge in [0.15, 0.2) is 0 Å². The molecule has 1 aromatic heterocycles. The molecule has 2 aliphatic rings. The Hall–Kier alpha value is -6.79. The molecule has 80 heavy (non-hydrogen) atoms. The van der Waals surface area contributed by atoms with Crippen LogP contribution in [0.2, 0.25) is 0 Å². The Morgan fingerprint density at radius 1 is 0.800 bits per heavy atom. The lowest BCUT2D eigenvalue weighted by molar-refractivity contribution is -0.146. The van der Waals surface area contributed by atoms with Gasteiger partial charge in [-0.05, 0) is 61.1 Å². The molecule has 442 valence electrons. The van der Waals surface area contributed by atoms with E-state index >= 15 is 0 Å². The number of thiazole rings is 1. The van der Waals surface area contributed by atoms with Crippen molar-refractivity contribution in [3.63, 3.8) is 0 Å². The van der Waals surface area contributed by atoms with Gasteiger partial charge in [0, 0.05) is 77.2 Å². The summed E-state index contributed by atoms with van der Waals surface area (Å²) in [5.74, 6) is -4.83. The molecular formula is C56H84N10O13S. The lowest BCUT2D eigenvalue weighted by atomic mass is 9.90. The highest BCUT2D eigenvalue weighted by molar-refractivity contribution is 7.09. The van der Waals surface area contributed by atoms with Crippen LogP contribution in [0.4, 0.5) is 10.5 Å². The van der Waals surface area contributed by atoms with E-state index in [9.17, 15) is 47.9 Å². The number of aromatic nitrogens is 1. The number of likely N-dealkylation sites (N-methyl/N-ethyl adjacent to an activating group) is 2. The van der Waals surface area contributed by atoms with Crippen molar-refractivity contribution in [2.75, 3.05) is 59.8 Å². The number of likely N-dealkylation sites (tertiary alicyclic amines) is 1. The van der Waals surface area contributed by atoms with Crippen LogP contribution in [0.1, 0.15) is 110 Å². The third kappa shape index (κ3) is 19.2.